The number of rotatable bonds is 6. The van der Waals surface area contributed by atoms with E-state index in [4.69, 9.17) is 0 Å². The Hall–Kier alpha value is -3.15. The number of hydrogen-bond acceptors (Lipinski definition) is 4. The minimum atomic E-state index is -1.30. The number of nitrogens with one attached hydrogen (secondary N) is 1. The molecule has 1 aliphatic heterocycles. The maximum atomic E-state index is 12.7. The molecule has 0 aromatic heterocycles. The molecule has 0 saturated carbocycles. The van der Waals surface area contributed by atoms with Crippen molar-refractivity contribution < 1.29 is 19.5 Å². The maximum absolute atomic E-state index is 12.7. The summed E-state index contributed by atoms with van der Waals surface area (Å²) in [4.78, 5) is 38.1. The third-order valence-electron chi connectivity index (χ3n) is 5.10. The van der Waals surface area contributed by atoms with Crippen LogP contribution in [0.4, 0.5) is 11.4 Å². The first-order chi connectivity index (χ1) is 13.4. The third kappa shape index (κ3) is 3.91. The molecule has 2 amide bonds. The number of aryl methyl sites for hydroxylation is 2. The van der Waals surface area contributed by atoms with Gasteiger partial charge in [0.05, 0.1) is 11.9 Å². The molecule has 1 fully saturated rings. The molecule has 1 heterocycles. The van der Waals surface area contributed by atoms with Crippen LogP contribution in [0.15, 0.2) is 42.5 Å². The van der Waals surface area contributed by atoms with Crippen molar-refractivity contribution in [2.45, 2.75) is 33.1 Å². The van der Waals surface area contributed by atoms with Gasteiger partial charge in [-0.15, -0.1) is 0 Å². The molecule has 0 radical (unpaired) electrons. The van der Waals surface area contributed by atoms with Crippen LogP contribution in [0, 0.1) is 5.92 Å². The second-order valence-corrected chi connectivity index (χ2v) is 6.89. The van der Waals surface area contributed by atoms with Gasteiger partial charge < -0.3 is 20.1 Å². The second kappa shape index (κ2) is 8.25. The standard InChI is InChI=1S/C22H24N2O4/c1-3-14-7-5-8-15(4-2)20(14)24-13-17(12-19(24)25)21(26)23-18-10-6-9-16(11-18)22(27)28/h5-11,17H,3-4,12-13H2,1-2H3,(H,23,26)(H,27,28)/p-1/t17-/m1/s1. The van der Waals surface area contributed by atoms with E-state index in [-0.39, 0.29) is 23.8 Å². The Morgan fingerprint density at radius 3 is 2.36 bits per heavy atom. The number of aromatic carboxylic acids is 1. The molecule has 2 aromatic carbocycles. The highest BCUT2D eigenvalue weighted by Crippen LogP contribution is 2.32. The molecule has 3 rings (SSSR count). The highest BCUT2D eigenvalue weighted by molar-refractivity contribution is 6.04. The topological polar surface area (TPSA) is 89.5 Å². The normalized spacial score (nSPS) is 16.3. The molecule has 0 bridgehead atoms. The first kappa shape index (κ1) is 19.6. The van der Waals surface area contributed by atoms with Crippen LogP contribution in [0.2, 0.25) is 0 Å². The van der Waals surface area contributed by atoms with Crippen molar-refractivity contribution in [1.29, 1.82) is 0 Å². The third-order valence-corrected chi connectivity index (χ3v) is 5.10. The fourth-order valence-corrected chi connectivity index (χ4v) is 3.63. The van der Waals surface area contributed by atoms with Gasteiger partial charge in [0.25, 0.3) is 0 Å². The van der Waals surface area contributed by atoms with Gasteiger partial charge in [-0.3, -0.25) is 9.59 Å². The number of carbonyl (C=O) groups is 3. The number of para-hydroxylation sites is 1. The zero-order chi connectivity index (χ0) is 20.3. The van der Waals surface area contributed by atoms with Crippen molar-refractivity contribution in [1.82, 2.24) is 0 Å². The van der Waals surface area contributed by atoms with Crippen molar-refractivity contribution in [2.24, 2.45) is 5.92 Å². The van der Waals surface area contributed by atoms with E-state index in [0.717, 1.165) is 29.7 Å². The van der Waals surface area contributed by atoms with E-state index >= 15 is 0 Å². The minimum absolute atomic E-state index is 0.00798. The van der Waals surface area contributed by atoms with Crippen molar-refractivity contribution in [3.63, 3.8) is 0 Å². The molecule has 1 aliphatic rings. The number of carboxylic acids is 1. The van der Waals surface area contributed by atoms with Gasteiger partial charge >= 0.3 is 0 Å². The van der Waals surface area contributed by atoms with Crippen LogP contribution >= 0.6 is 0 Å². The van der Waals surface area contributed by atoms with Crippen LogP contribution in [-0.2, 0) is 22.4 Å². The van der Waals surface area contributed by atoms with Crippen LogP contribution in [-0.4, -0.2) is 24.3 Å². The molecule has 0 spiro atoms. The molecule has 6 heteroatoms. The summed E-state index contributed by atoms with van der Waals surface area (Å²) in [6.45, 7) is 4.41. The summed E-state index contributed by atoms with van der Waals surface area (Å²) in [6.07, 6.45) is 1.74. The summed E-state index contributed by atoms with van der Waals surface area (Å²) in [6, 6.07) is 11.9. The van der Waals surface area contributed by atoms with Crippen LogP contribution < -0.4 is 15.3 Å². The SMILES string of the molecule is CCc1cccc(CC)c1N1C[C@H](C(=O)Nc2cccc(C(=O)[O-])c2)CC1=O. The first-order valence-corrected chi connectivity index (χ1v) is 9.48. The van der Waals surface area contributed by atoms with E-state index in [0.29, 0.717) is 12.2 Å². The first-order valence-electron chi connectivity index (χ1n) is 9.48. The zero-order valence-corrected chi connectivity index (χ0v) is 16.0. The quantitative estimate of drug-likeness (QED) is 0.833. The van der Waals surface area contributed by atoms with E-state index in [2.05, 4.69) is 5.32 Å². The molecule has 2 aromatic rings. The Labute approximate surface area is 164 Å². The zero-order valence-electron chi connectivity index (χ0n) is 16.0. The Bertz CT molecular complexity index is 900. The minimum Gasteiger partial charge on any atom is -0.545 e. The Morgan fingerprint density at radius 2 is 1.75 bits per heavy atom. The number of nitrogens with zero attached hydrogens (tertiary/aromatic N) is 1. The predicted octanol–water partition coefficient (Wildman–Crippen LogP) is 2.17. The number of hydrogen-bond donors (Lipinski definition) is 1. The Balaban J connectivity index is 1.79. The van der Waals surface area contributed by atoms with Crippen molar-refractivity contribution in [3.05, 3.63) is 59.2 Å². The highest BCUT2D eigenvalue weighted by atomic mass is 16.4. The number of carboxylic acid groups (broad SMARTS) is 1. The fourth-order valence-electron chi connectivity index (χ4n) is 3.63. The van der Waals surface area contributed by atoms with Gasteiger partial charge in [-0.05, 0) is 41.7 Å². The van der Waals surface area contributed by atoms with Crippen LogP contribution in [0.3, 0.4) is 0 Å². The maximum Gasteiger partial charge on any atom is 0.229 e. The molecular formula is C22H23N2O4-. The van der Waals surface area contributed by atoms with Crippen molar-refractivity contribution in [2.75, 3.05) is 16.8 Å². The highest BCUT2D eigenvalue weighted by Gasteiger charge is 2.36. The van der Waals surface area contributed by atoms with E-state index in [9.17, 15) is 19.5 Å². The van der Waals surface area contributed by atoms with E-state index in [1.807, 2.05) is 32.0 Å². The van der Waals surface area contributed by atoms with Crippen molar-refractivity contribution in [3.8, 4) is 0 Å². The smallest absolute Gasteiger partial charge is 0.229 e. The largest absolute Gasteiger partial charge is 0.545 e. The fraction of sp³-hybridized carbons (Fsp3) is 0.318. The summed E-state index contributed by atoms with van der Waals surface area (Å²) in [7, 11) is 0. The lowest BCUT2D eigenvalue weighted by Crippen LogP contribution is -2.29. The molecule has 1 N–H and O–H groups in total. The van der Waals surface area contributed by atoms with E-state index < -0.39 is 11.9 Å². The summed E-state index contributed by atoms with van der Waals surface area (Å²) in [5.74, 6) is -2.16. The molecule has 0 unspecified atom stereocenters. The molecule has 28 heavy (non-hydrogen) atoms. The average Bonchev–Trinajstić information content (AvgIpc) is 3.08. The lowest BCUT2D eigenvalue weighted by Gasteiger charge is -2.23. The van der Waals surface area contributed by atoms with Crippen LogP contribution in [0.1, 0.15) is 41.8 Å². The van der Waals surface area contributed by atoms with E-state index in [1.54, 1.807) is 11.0 Å². The van der Waals surface area contributed by atoms with Gasteiger partial charge in [0.15, 0.2) is 0 Å². The van der Waals surface area contributed by atoms with Gasteiger partial charge in [0, 0.05) is 24.3 Å². The van der Waals surface area contributed by atoms with Gasteiger partial charge in [-0.2, -0.15) is 0 Å². The number of carbonyl (C=O) groups excluding carboxylic acids is 3. The summed E-state index contributed by atoms with van der Waals surface area (Å²) < 4.78 is 0. The van der Waals surface area contributed by atoms with Gasteiger partial charge in [0.2, 0.25) is 11.8 Å². The monoisotopic (exact) mass is 379 g/mol. The van der Waals surface area contributed by atoms with Gasteiger partial charge in [-0.25, -0.2) is 0 Å². The van der Waals surface area contributed by atoms with Crippen LogP contribution in [0.5, 0.6) is 0 Å². The van der Waals surface area contributed by atoms with E-state index in [1.165, 1.54) is 18.2 Å². The lowest BCUT2D eigenvalue weighted by atomic mass is 10.0. The van der Waals surface area contributed by atoms with Gasteiger partial charge in [0.1, 0.15) is 0 Å². The summed E-state index contributed by atoms with van der Waals surface area (Å²) in [5.41, 5.74) is 3.48. The number of amides is 2. The molecule has 1 atom stereocenters. The predicted molar refractivity (Wildman–Crippen MR) is 105 cm³/mol. The second-order valence-electron chi connectivity index (χ2n) is 6.89. The number of anilines is 2. The molecule has 0 aliphatic carbocycles. The van der Waals surface area contributed by atoms with Crippen molar-refractivity contribution >= 4 is 29.2 Å². The number of benzene rings is 2. The Morgan fingerprint density at radius 1 is 1.11 bits per heavy atom. The molecule has 146 valence electrons. The summed E-state index contributed by atoms with van der Waals surface area (Å²) >= 11 is 0. The average molecular weight is 379 g/mol. The molecule has 1 saturated heterocycles. The van der Waals surface area contributed by atoms with Gasteiger partial charge in [-0.1, -0.05) is 44.2 Å². The Kier molecular flexibility index (Phi) is 5.78. The molecular weight excluding hydrogens is 356 g/mol. The molecule has 6 nitrogen and oxygen atoms in total. The van der Waals surface area contributed by atoms with Crippen LogP contribution in [0.25, 0.3) is 0 Å². The summed E-state index contributed by atoms with van der Waals surface area (Å²) in [5, 5.41) is 13.7. The lowest BCUT2D eigenvalue weighted by molar-refractivity contribution is -0.255.